The number of nitrogens with zero attached hydrogens (tertiary/aromatic N) is 2. The molecule has 2 atom stereocenters. The molecule has 1 aliphatic rings. The first-order valence-corrected chi connectivity index (χ1v) is 6.62. The third kappa shape index (κ3) is 7.21. The number of hydrogen-bond donors (Lipinski definition) is 0. The molecule has 2 unspecified atom stereocenters. The van der Waals surface area contributed by atoms with Gasteiger partial charge >= 0.3 is 6.03 Å². The summed E-state index contributed by atoms with van der Waals surface area (Å²) in [6.45, 7) is 13.4. The van der Waals surface area contributed by atoms with Gasteiger partial charge in [-0.1, -0.05) is 27.7 Å². The highest BCUT2D eigenvalue weighted by Crippen LogP contribution is 2.11. The van der Waals surface area contributed by atoms with Crippen molar-refractivity contribution in [3.8, 4) is 0 Å². The Morgan fingerprint density at radius 3 is 1.71 bits per heavy atom. The van der Waals surface area contributed by atoms with E-state index < -0.39 is 0 Å². The highest BCUT2D eigenvalue weighted by molar-refractivity contribution is 5.73. The van der Waals surface area contributed by atoms with Crippen molar-refractivity contribution >= 4 is 6.03 Å². The van der Waals surface area contributed by atoms with Gasteiger partial charge in [-0.15, -0.1) is 0 Å². The van der Waals surface area contributed by atoms with Gasteiger partial charge in [0.1, 0.15) is 0 Å². The number of morpholine rings is 1. The number of urea groups is 1. The van der Waals surface area contributed by atoms with Gasteiger partial charge in [0.25, 0.3) is 0 Å². The second-order valence-corrected chi connectivity index (χ2v) is 3.84. The van der Waals surface area contributed by atoms with Gasteiger partial charge in [-0.25, -0.2) is 4.79 Å². The van der Waals surface area contributed by atoms with Crippen LogP contribution in [0.15, 0.2) is 0 Å². The zero-order chi connectivity index (χ0) is 14.0. The molecule has 1 saturated heterocycles. The van der Waals surface area contributed by atoms with Crippen molar-refractivity contribution in [2.75, 3.05) is 27.2 Å². The first kappa shape index (κ1) is 18.6. The minimum atomic E-state index is 0.0713. The molecule has 0 saturated carbocycles. The van der Waals surface area contributed by atoms with Crippen LogP contribution in [0.2, 0.25) is 0 Å². The molecule has 0 bridgehead atoms. The van der Waals surface area contributed by atoms with Crippen molar-refractivity contribution in [3.05, 3.63) is 0 Å². The first-order valence-electron chi connectivity index (χ1n) is 6.62. The van der Waals surface area contributed by atoms with Crippen molar-refractivity contribution in [1.29, 1.82) is 0 Å². The van der Waals surface area contributed by atoms with Crippen LogP contribution in [-0.4, -0.2) is 55.2 Å². The van der Waals surface area contributed by atoms with Crippen LogP contribution in [0.1, 0.15) is 41.5 Å². The Labute approximate surface area is 107 Å². The summed E-state index contributed by atoms with van der Waals surface area (Å²) < 4.78 is 5.53. The van der Waals surface area contributed by atoms with Gasteiger partial charge in [0.15, 0.2) is 0 Å². The van der Waals surface area contributed by atoms with Crippen LogP contribution in [0, 0.1) is 0 Å². The van der Waals surface area contributed by atoms with E-state index in [0.29, 0.717) is 13.1 Å². The van der Waals surface area contributed by atoms with Crippen LogP contribution in [0.25, 0.3) is 0 Å². The second kappa shape index (κ2) is 10.4. The molecule has 0 aromatic carbocycles. The smallest absolute Gasteiger partial charge is 0.319 e. The minimum Gasteiger partial charge on any atom is -0.372 e. The fraction of sp³-hybridized carbons (Fsp3) is 0.923. The second-order valence-electron chi connectivity index (χ2n) is 3.84. The summed E-state index contributed by atoms with van der Waals surface area (Å²) >= 11 is 0. The van der Waals surface area contributed by atoms with Gasteiger partial charge in [-0.05, 0) is 13.8 Å². The Hall–Kier alpha value is -0.770. The van der Waals surface area contributed by atoms with Crippen molar-refractivity contribution in [1.82, 2.24) is 9.80 Å². The molecule has 0 aromatic rings. The van der Waals surface area contributed by atoms with Crippen LogP contribution >= 0.6 is 0 Å². The summed E-state index contributed by atoms with van der Waals surface area (Å²) in [4.78, 5) is 15.0. The molecule has 0 aliphatic carbocycles. The molecule has 0 aromatic heterocycles. The van der Waals surface area contributed by atoms with E-state index >= 15 is 0 Å². The molecule has 1 rings (SSSR count). The van der Waals surface area contributed by atoms with Crippen molar-refractivity contribution in [2.24, 2.45) is 0 Å². The van der Waals surface area contributed by atoms with Gasteiger partial charge in [-0.2, -0.15) is 0 Å². The first-order chi connectivity index (χ1) is 8.00. The van der Waals surface area contributed by atoms with Crippen LogP contribution < -0.4 is 0 Å². The average Bonchev–Trinajstić information content (AvgIpc) is 2.32. The van der Waals surface area contributed by atoms with Gasteiger partial charge in [0.05, 0.1) is 12.2 Å². The lowest BCUT2D eigenvalue weighted by Crippen LogP contribution is -2.51. The van der Waals surface area contributed by atoms with Gasteiger partial charge in [0, 0.05) is 27.2 Å². The van der Waals surface area contributed by atoms with Crippen LogP contribution in [0.4, 0.5) is 4.79 Å². The molecule has 17 heavy (non-hydrogen) atoms. The van der Waals surface area contributed by atoms with E-state index in [9.17, 15) is 4.79 Å². The highest BCUT2D eigenvalue weighted by atomic mass is 16.5. The van der Waals surface area contributed by atoms with Gasteiger partial charge < -0.3 is 14.5 Å². The summed E-state index contributed by atoms with van der Waals surface area (Å²) in [7, 11) is 3.54. The lowest BCUT2D eigenvalue weighted by Gasteiger charge is -2.36. The molecule has 4 heteroatoms. The fourth-order valence-corrected chi connectivity index (χ4v) is 1.62. The summed E-state index contributed by atoms with van der Waals surface area (Å²) in [5.74, 6) is 0. The standard InChI is InChI=1S/C9H18N2O2.2C2H6/c1-7-5-11(6-8(2)13-7)9(12)10(3)4;2*1-2/h7-8H,5-6H2,1-4H3;2*1-2H3. The third-order valence-corrected chi connectivity index (χ3v) is 2.07. The molecule has 1 fully saturated rings. The number of carbonyl (C=O) groups is 1. The Balaban J connectivity index is 0. The molecular formula is C13H30N2O2. The zero-order valence-electron chi connectivity index (χ0n) is 12.8. The molecule has 1 heterocycles. The maximum atomic E-state index is 11.6. The molecule has 0 N–H and O–H groups in total. The topological polar surface area (TPSA) is 32.8 Å². The van der Waals surface area contributed by atoms with Crippen molar-refractivity contribution in [2.45, 2.75) is 53.8 Å². The van der Waals surface area contributed by atoms with Gasteiger partial charge in [-0.3, -0.25) is 0 Å². The fourth-order valence-electron chi connectivity index (χ4n) is 1.62. The summed E-state index contributed by atoms with van der Waals surface area (Å²) in [5.41, 5.74) is 0. The molecule has 4 nitrogen and oxygen atoms in total. The summed E-state index contributed by atoms with van der Waals surface area (Å²) in [5, 5.41) is 0. The van der Waals surface area contributed by atoms with E-state index in [-0.39, 0.29) is 18.2 Å². The quantitative estimate of drug-likeness (QED) is 0.658. The highest BCUT2D eigenvalue weighted by Gasteiger charge is 2.26. The molecule has 0 radical (unpaired) electrons. The molecule has 104 valence electrons. The largest absolute Gasteiger partial charge is 0.372 e. The maximum Gasteiger partial charge on any atom is 0.319 e. The van der Waals surface area contributed by atoms with E-state index in [1.54, 1.807) is 19.0 Å². The lowest BCUT2D eigenvalue weighted by atomic mass is 10.2. The number of rotatable bonds is 0. The summed E-state index contributed by atoms with van der Waals surface area (Å²) in [6.07, 6.45) is 0.292. The lowest BCUT2D eigenvalue weighted by molar-refractivity contribution is -0.0570. The number of ether oxygens (including phenoxy) is 1. The number of hydrogen-bond acceptors (Lipinski definition) is 2. The molecular weight excluding hydrogens is 216 g/mol. The predicted octanol–water partition coefficient (Wildman–Crippen LogP) is 2.83. The summed E-state index contributed by atoms with van der Waals surface area (Å²) in [6, 6.07) is 0.0713. The molecule has 1 aliphatic heterocycles. The van der Waals surface area contributed by atoms with Crippen LogP contribution in [0.3, 0.4) is 0 Å². The Bertz CT molecular complexity index is 186. The minimum absolute atomic E-state index is 0.0713. The average molecular weight is 246 g/mol. The Morgan fingerprint density at radius 1 is 1.06 bits per heavy atom. The SMILES string of the molecule is CC.CC.CC1CN(C(=O)N(C)C)CC(C)O1. The number of amides is 2. The molecule has 0 spiro atoms. The van der Waals surface area contributed by atoms with E-state index in [2.05, 4.69) is 0 Å². The Kier molecular flexibility index (Phi) is 11.4. The zero-order valence-corrected chi connectivity index (χ0v) is 12.8. The van der Waals surface area contributed by atoms with E-state index in [0.717, 1.165) is 0 Å². The predicted molar refractivity (Wildman–Crippen MR) is 73.4 cm³/mol. The monoisotopic (exact) mass is 246 g/mol. The van der Waals surface area contributed by atoms with E-state index in [1.807, 2.05) is 46.4 Å². The van der Waals surface area contributed by atoms with E-state index in [1.165, 1.54) is 0 Å². The molecule has 2 amide bonds. The Morgan fingerprint density at radius 2 is 1.41 bits per heavy atom. The van der Waals surface area contributed by atoms with Crippen molar-refractivity contribution in [3.63, 3.8) is 0 Å². The van der Waals surface area contributed by atoms with Gasteiger partial charge in [0.2, 0.25) is 0 Å². The third-order valence-electron chi connectivity index (χ3n) is 2.07. The van der Waals surface area contributed by atoms with Crippen LogP contribution in [-0.2, 0) is 4.74 Å². The number of carbonyl (C=O) groups excluding carboxylic acids is 1. The maximum absolute atomic E-state index is 11.6. The van der Waals surface area contributed by atoms with E-state index in [4.69, 9.17) is 4.74 Å². The van der Waals surface area contributed by atoms with Crippen LogP contribution in [0.5, 0.6) is 0 Å². The normalized spacial score (nSPS) is 22.7. The van der Waals surface area contributed by atoms with Crippen molar-refractivity contribution < 1.29 is 9.53 Å².